The lowest BCUT2D eigenvalue weighted by molar-refractivity contribution is -0.870. The zero-order valence-corrected chi connectivity index (χ0v) is 29.3. The highest BCUT2D eigenvalue weighted by Gasteiger charge is 2.27. The summed E-state index contributed by atoms with van der Waals surface area (Å²) in [5, 5.41) is 13.6. The summed E-state index contributed by atoms with van der Waals surface area (Å²) in [6, 6.07) is -0.870. The average Bonchev–Trinajstić information content (AvgIpc) is 2.94. The molecule has 43 heavy (non-hydrogen) atoms. The fourth-order valence-corrected chi connectivity index (χ4v) is 5.36. The number of amides is 1. The smallest absolute Gasteiger partial charge is 0.387 e. The summed E-state index contributed by atoms with van der Waals surface area (Å²) in [6.07, 6.45) is 28.2. The van der Waals surface area contributed by atoms with Crippen molar-refractivity contribution in [2.45, 2.75) is 148 Å². The van der Waals surface area contributed by atoms with E-state index in [9.17, 15) is 19.4 Å². The summed E-state index contributed by atoms with van der Waals surface area (Å²) in [5.41, 5.74) is 0. The Hall–Kier alpha value is -1.02. The van der Waals surface area contributed by atoms with Gasteiger partial charge in [0.1, 0.15) is 13.2 Å². The SMILES string of the molecule is CCCCCCCCC/C=C/C=C/[C@@H](O)[C@H](COP(=O)(O)OCC[N+](C)(C)C)NC(=O)CCCCCCCCCCCC. The molecule has 1 unspecified atom stereocenters. The molecule has 254 valence electrons. The van der Waals surface area contributed by atoms with Crippen LogP contribution < -0.4 is 5.32 Å². The molecule has 0 aliphatic heterocycles. The minimum atomic E-state index is -4.33. The number of allylic oxidation sites excluding steroid dienone is 3. The van der Waals surface area contributed by atoms with Crippen LogP contribution in [-0.4, -0.2) is 73.4 Å². The van der Waals surface area contributed by atoms with E-state index in [0.717, 1.165) is 32.1 Å². The lowest BCUT2D eigenvalue weighted by Crippen LogP contribution is -2.45. The molecule has 0 spiro atoms. The van der Waals surface area contributed by atoms with Crippen LogP contribution in [0.2, 0.25) is 0 Å². The standard InChI is InChI=1S/C34H67N2O6P/c1-6-8-10-12-14-16-18-19-21-23-25-27-33(37)32(31-42-43(39,40)41-30-29-36(3,4)5)35-34(38)28-26-24-22-20-17-15-13-11-9-7-2/h21,23,25,27,32-33,37H,6-20,22,24,26,28-31H2,1-5H3,(H-,35,38,39,40)/p+1/b23-21+,27-25+/t32-,33+/m0/s1. The highest BCUT2D eigenvalue weighted by Crippen LogP contribution is 2.43. The molecule has 0 rings (SSSR count). The number of quaternary nitrogens is 1. The Morgan fingerprint density at radius 1 is 0.791 bits per heavy atom. The van der Waals surface area contributed by atoms with Crippen molar-refractivity contribution in [3.8, 4) is 0 Å². The molecule has 8 nitrogen and oxygen atoms in total. The van der Waals surface area contributed by atoms with Crippen LogP contribution in [0.3, 0.4) is 0 Å². The molecule has 3 N–H and O–H groups in total. The van der Waals surface area contributed by atoms with E-state index in [1.807, 2.05) is 27.2 Å². The first-order chi connectivity index (χ1) is 20.5. The number of phosphoric acid groups is 1. The first-order valence-corrected chi connectivity index (χ1v) is 18.7. The molecule has 0 aromatic rings. The molecule has 3 atom stereocenters. The van der Waals surface area contributed by atoms with E-state index in [4.69, 9.17) is 9.05 Å². The number of carbonyl (C=O) groups excluding carboxylic acids is 1. The molecule has 0 aliphatic carbocycles. The minimum Gasteiger partial charge on any atom is -0.387 e. The van der Waals surface area contributed by atoms with Crippen molar-refractivity contribution in [2.24, 2.45) is 0 Å². The zero-order chi connectivity index (χ0) is 32.2. The van der Waals surface area contributed by atoms with Crippen molar-refractivity contribution in [3.05, 3.63) is 24.3 Å². The number of rotatable bonds is 30. The van der Waals surface area contributed by atoms with Gasteiger partial charge in [0, 0.05) is 6.42 Å². The van der Waals surface area contributed by atoms with Crippen LogP contribution in [0, 0.1) is 0 Å². The third kappa shape index (κ3) is 29.5. The van der Waals surface area contributed by atoms with Crippen molar-refractivity contribution >= 4 is 13.7 Å². The third-order valence-electron chi connectivity index (χ3n) is 7.48. The molecular weight excluding hydrogens is 563 g/mol. The minimum absolute atomic E-state index is 0.0546. The number of aliphatic hydroxyl groups is 1. The van der Waals surface area contributed by atoms with E-state index < -0.39 is 20.0 Å². The van der Waals surface area contributed by atoms with Gasteiger partial charge in [-0.2, -0.15) is 0 Å². The van der Waals surface area contributed by atoms with Crippen LogP contribution in [0.15, 0.2) is 24.3 Å². The molecule has 0 saturated carbocycles. The molecule has 0 bridgehead atoms. The van der Waals surface area contributed by atoms with Crippen molar-refractivity contribution in [1.82, 2.24) is 5.32 Å². The predicted octanol–water partition coefficient (Wildman–Crippen LogP) is 8.24. The Balaban J connectivity index is 4.70. The number of hydrogen-bond acceptors (Lipinski definition) is 5. The number of phosphoric ester groups is 1. The Bertz CT molecular complexity index is 768. The van der Waals surface area contributed by atoms with E-state index >= 15 is 0 Å². The number of nitrogens with zero attached hydrogens (tertiary/aromatic N) is 1. The van der Waals surface area contributed by atoms with E-state index in [2.05, 4.69) is 25.2 Å². The molecule has 0 fully saturated rings. The summed E-state index contributed by atoms with van der Waals surface area (Å²) in [5.74, 6) is -0.200. The summed E-state index contributed by atoms with van der Waals surface area (Å²) in [4.78, 5) is 22.8. The maximum absolute atomic E-state index is 12.7. The normalized spacial score (nSPS) is 15.2. The number of nitrogens with one attached hydrogen (secondary N) is 1. The molecule has 0 aromatic carbocycles. The molecule has 0 aromatic heterocycles. The Kier molecular flexibility index (Phi) is 26.7. The molecule has 0 radical (unpaired) electrons. The topological polar surface area (TPSA) is 105 Å². The Morgan fingerprint density at radius 2 is 1.30 bits per heavy atom. The van der Waals surface area contributed by atoms with Crippen molar-refractivity contribution < 1.29 is 32.9 Å². The average molecular weight is 632 g/mol. The van der Waals surface area contributed by atoms with Crippen molar-refractivity contribution in [1.29, 1.82) is 0 Å². The van der Waals surface area contributed by atoms with Gasteiger partial charge in [-0.05, 0) is 19.3 Å². The maximum atomic E-state index is 12.7. The van der Waals surface area contributed by atoms with Gasteiger partial charge in [0.2, 0.25) is 5.91 Å². The number of likely N-dealkylation sites (N-methyl/N-ethyl adjacent to an activating group) is 1. The van der Waals surface area contributed by atoms with Crippen LogP contribution in [0.25, 0.3) is 0 Å². The van der Waals surface area contributed by atoms with Crippen LogP contribution in [-0.2, 0) is 18.4 Å². The molecule has 0 aliphatic rings. The number of hydrogen-bond donors (Lipinski definition) is 3. The van der Waals surface area contributed by atoms with Gasteiger partial charge in [-0.25, -0.2) is 4.57 Å². The lowest BCUT2D eigenvalue weighted by atomic mass is 10.1. The van der Waals surface area contributed by atoms with Crippen LogP contribution in [0.5, 0.6) is 0 Å². The number of unbranched alkanes of at least 4 members (excludes halogenated alkanes) is 16. The Labute approximate surface area is 264 Å². The number of aliphatic hydroxyl groups excluding tert-OH is 1. The second-order valence-corrected chi connectivity index (χ2v) is 14.4. The van der Waals surface area contributed by atoms with Gasteiger partial charge in [0.05, 0.1) is 39.9 Å². The van der Waals surface area contributed by atoms with Gasteiger partial charge in [0.15, 0.2) is 0 Å². The van der Waals surface area contributed by atoms with Crippen molar-refractivity contribution in [2.75, 3.05) is 40.9 Å². The lowest BCUT2D eigenvalue weighted by Gasteiger charge is -2.25. The molecule has 1 amide bonds. The second kappa shape index (κ2) is 27.3. The zero-order valence-electron chi connectivity index (χ0n) is 28.4. The van der Waals surface area contributed by atoms with E-state index in [1.165, 1.54) is 83.5 Å². The van der Waals surface area contributed by atoms with Crippen LogP contribution in [0.1, 0.15) is 136 Å². The predicted molar refractivity (Wildman–Crippen MR) is 180 cm³/mol. The van der Waals surface area contributed by atoms with Crippen molar-refractivity contribution in [3.63, 3.8) is 0 Å². The van der Waals surface area contributed by atoms with Crippen LogP contribution >= 0.6 is 7.82 Å². The fourth-order valence-electron chi connectivity index (χ4n) is 4.63. The highest BCUT2D eigenvalue weighted by atomic mass is 31.2. The van der Waals surface area contributed by atoms with Gasteiger partial charge in [-0.3, -0.25) is 13.8 Å². The van der Waals surface area contributed by atoms with Gasteiger partial charge < -0.3 is 19.8 Å². The molecular formula is C34H68N2O6P+. The highest BCUT2D eigenvalue weighted by molar-refractivity contribution is 7.47. The molecule has 9 heteroatoms. The van der Waals surface area contributed by atoms with E-state index in [-0.39, 0.29) is 19.1 Å². The summed E-state index contributed by atoms with van der Waals surface area (Å²) < 4.78 is 23.3. The summed E-state index contributed by atoms with van der Waals surface area (Å²) in [7, 11) is 1.54. The monoisotopic (exact) mass is 631 g/mol. The first kappa shape index (κ1) is 42.0. The largest absolute Gasteiger partial charge is 0.472 e. The fraction of sp³-hybridized carbons (Fsp3) is 0.853. The van der Waals surface area contributed by atoms with E-state index in [0.29, 0.717) is 17.4 Å². The van der Waals surface area contributed by atoms with Gasteiger partial charge in [-0.15, -0.1) is 0 Å². The van der Waals surface area contributed by atoms with Gasteiger partial charge in [0.25, 0.3) is 0 Å². The summed E-state index contributed by atoms with van der Waals surface area (Å²) in [6.45, 7) is 4.71. The molecule has 0 heterocycles. The summed E-state index contributed by atoms with van der Waals surface area (Å²) >= 11 is 0. The van der Waals surface area contributed by atoms with E-state index in [1.54, 1.807) is 12.2 Å². The van der Waals surface area contributed by atoms with Gasteiger partial charge in [-0.1, -0.05) is 134 Å². The second-order valence-electron chi connectivity index (χ2n) is 12.9. The van der Waals surface area contributed by atoms with Crippen LogP contribution in [0.4, 0.5) is 0 Å². The third-order valence-corrected chi connectivity index (χ3v) is 8.46. The molecule has 0 saturated heterocycles. The van der Waals surface area contributed by atoms with Gasteiger partial charge >= 0.3 is 7.82 Å². The maximum Gasteiger partial charge on any atom is 0.472 e. The quantitative estimate of drug-likeness (QED) is 0.0319. The first-order valence-electron chi connectivity index (χ1n) is 17.2. The number of carbonyl (C=O) groups is 1. The Morgan fingerprint density at radius 3 is 1.84 bits per heavy atom.